The zero-order valence-corrected chi connectivity index (χ0v) is 15.9. The highest BCUT2D eigenvalue weighted by molar-refractivity contribution is 7.89. The number of alkyl halides is 3. The average Bonchev–Trinajstić information content (AvgIpc) is 3.50. The van der Waals surface area contributed by atoms with Gasteiger partial charge in [-0.3, -0.25) is 4.79 Å². The Morgan fingerprint density at radius 2 is 1.79 bits per heavy atom. The lowest BCUT2D eigenvalue weighted by molar-refractivity contribution is -0.137. The molecule has 0 bridgehead atoms. The fraction of sp³-hybridized carbons (Fsp3) is 0.316. The second kappa shape index (κ2) is 8.11. The molecule has 0 aliphatic heterocycles. The number of halogens is 4. The Hall–Kier alpha value is -2.46. The quantitative estimate of drug-likeness (QED) is 0.686. The summed E-state index contributed by atoms with van der Waals surface area (Å²) in [5.41, 5.74) is -0.806. The maximum atomic E-state index is 13.9. The minimum absolute atomic E-state index is 0.0124. The van der Waals surface area contributed by atoms with E-state index in [2.05, 4.69) is 0 Å². The molecule has 2 aromatic rings. The van der Waals surface area contributed by atoms with E-state index in [0.29, 0.717) is 11.6 Å². The smallest absolute Gasteiger partial charge is 0.334 e. The highest BCUT2D eigenvalue weighted by atomic mass is 32.2. The number of nitrogens with one attached hydrogen (secondary N) is 1. The first-order chi connectivity index (χ1) is 13.6. The van der Waals surface area contributed by atoms with Crippen LogP contribution in [-0.2, 0) is 27.5 Å². The number of carbonyl (C=O) groups excluding carboxylic acids is 1. The van der Waals surface area contributed by atoms with Gasteiger partial charge in [-0.1, -0.05) is 24.3 Å². The Balaban J connectivity index is 1.70. The van der Waals surface area contributed by atoms with Gasteiger partial charge in [-0.2, -0.15) is 13.2 Å². The second-order valence-electron chi connectivity index (χ2n) is 6.69. The van der Waals surface area contributed by atoms with E-state index in [0.717, 1.165) is 31.0 Å². The van der Waals surface area contributed by atoms with E-state index < -0.39 is 44.9 Å². The van der Waals surface area contributed by atoms with Gasteiger partial charge in [-0.05, 0) is 37.1 Å². The molecule has 2 aromatic carbocycles. The molecule has 0 unspecified atom stereocenters. The van der Waals surface area contributed by atoms with Crippen LogP contribution in [-0.4, -0.2) is 31.8 Å². The molecule has 1 saturated carbocycles. The molecule has 0 heterocycles. The minimum Gasteiger partial charge on any atom is -0.334 e. The van der Waals surface area contributed by atoms with Crippen molar-refractivity contribution in [3.63, 3.8) is 0 Å². The molecule has 0 aromatic heterocycles. The van der Waals surface area contributed by atoms with Crippen LogP contribution in [0.15, 0.2) is 53.4 Å². The van der Waals surface area contributed by atoms with Gasteiger partial charge in [0.15, 0.2) is 0 Å². The number of rotatable bonds is 7. The molecule has 0 atom stereocenters. The summed E-state index contributed by atoms with van der Waals surface area (Å²) in [5, 5.41) is 0. The zero-order chi connectivity index (χ0) is 21.2. The maximum absolute atomic E-state index is 13.9. The van der Waals surface area contributed by atoms with Gasteiger partial charge >= 0.3 is 6.18 Å². The van der Waals surface area contributed by atoms with Crippen molar-refractivity contribution in [3.8, 4) is 0 Å². The molecule has 29 heavy (non-hydrogen) atoms. The minimum atomic E-state index is -4.69. The van der Waals surface area contributed by atoms with E-state index in [9.17, 15) is 30.8 Å². The molecule has 1 aliphatic carbocycles. The molecule has 1 fully saturated rings. The number of benzene rings is 2. The van der Waals surface area contributed by atoms with Crippen molar-refractivity contribution < 1.29 is 30.8 Å². The predicted molar refractivity (Wildman–Crippen MR) is 96.6 cm³/mol. The molecule has 10 heteroatoms. The Labute approximate surface area is 165 Å². The third-order valence-corrected chi connectivity index (χ3v) is 5.89. The Bertz CT molecular complexity index is 1000. The number of amides is 1. The Morgan fingerprint density at radius 3 is 2.41 bits per heavy atom. The molecule has 0 spiro atoms. The van der Waals surface area contributed by atoms with E-state index in [1.54, 1.807) is 6.07 Å². The first-order valence-corrected chi connectivity index (χ1v) is 10.3. The van der Waals surface area contributed by atoms with Gasteiger partial charge in [-0.15, -0.1) is 0 Å². The van der Waals surface area contributed by atoms with Gasteiger partial charge < -0.3 is 4.90 Å². The summed E-state index contributed by atoms with van der Waals surface area (Å²) in [6.07, 6.45) is -3.25. The lowest BCUT2D eigenvalue weighted by atomic mass is 10.2. The summed E-state index contributed by atoms with van der Waals surface area (Å²) in [5.74, 6) is -1.05. The normalized spacial score (nSPS) is 14.6. The van der Waals surface area contributed by atoms with Crippen molar-refractivity contribution in [2.75, 3.05) is 6.54 Å². The van der Waals surface area contributed by atoms with Crippen molar-refractivity contribution in [2.45, 2.75) is 36.5 Å². The van der Waals surface area contributed by atoms with Gasteiger partial charge in [0, 0.05) is 18.2 Å². The van der Waals surface area contributed by atoms with Crippen LogP contribution in [0.1, 0.15) is 24.0 Å². The molecule has 5 nitrogen and oxygen atoms in total. The molecule has 0 saturated heterocycles. The van der Waals surface area contributed by atoms with E-state index in [1.165, 1.54) is 23.1 Å². The number of sulfonamides is 1. The van der Waals surface area contributed by atoms with Crippen LogP contribution >= 0.6 is 0 Å². The van der Waals surface area contributed by atoms with Gasteiger partial charge in [0.05, 0.1) is 17.0 Å². The first kappa shape index (κ1) is 21.3. The van der Waals surface area contributed by atoms with E-state index >= 15 is 0 Å². The second-order valence-corrected chi connectivity index (χ2v) is 8.46. The summed E-state index contributed by atoms with van der Waals surface area (Å²) >= 11 is 0. The molecule has 156 valence electrons. The van der Waals surface area contributed by atoms with Crippen molar-refractivity contribution in [2.24, 2.45) is 0 Å². The summed E-state index contributed by atoms with van der Waals surface area (Å²) < 4.78 is 79.0. The van der Waals surface area contributed by atoms with E-state index in [4.69, 9.17) is 0 Å². The van der Waals surface area contributed by atoms with Crippen LogP contribution in [0.3, 0.4) is 0 Å². The molecule has 3 rings (SSSR count). The third kappa shape index (κ3) is 5.33. The standard InChI is InChI=1S/C19H18F4N2O3S/c20-17-7-2-1-4-13(17)12-25(15-8-9-15)18(26)11-24-29(27,28)16-6-3-5-14(10-16)19(21,22)23/h1-7,10,15,24H,8-9,11-12H2. The third-order valence-electron chi connectivity index (χ3n) is 4.49. The fourth-order valence-corrected chi connectivity index (χ4v) is 3.82. The van der Waals surface area contributed by atoms with Crippen LogP contribution in [0, 0.1) is 5.82 Å². The lowest BCUT2D eigenvalue weighted by Crippen LogP contribution is -2.41. The Kier molecular flexibility index (Phi) is 5.95. The topological polar surface area (TPSA) is 66.5 Å². The lowest BCUT2D eigenvalue weighted by Gasteiger charge is -2.23. The molecule has 1 amide bonds. The molecule has 1 aliphatic rings. The predicted octanol–water partition coefficient (Wildman–Crippen LogP) is 3.31. The summed E-state index contributed by atoms with van der Waals surface area (Å²) in [4.78, 5) is 13.3. The van der Waals surface area contributed by atoms with Crippen molar-refractivity contribution in [3.05, 3.63) is 65.5 Å². The highest BCUT2D eigenvalue weighted by Crippen LogP contribution is 2.31. The van der Waals surface area contributed by atoms with Crippen LogP contribution < -0.4 is 4.72 Å². The monoisotopic (exact) mass is 430 g/mol. The van der Waals surface area contributed by atoms with Crippen LogP contribution in [0.5, 0.6) is 0 Å². The molecule has 1 N–H and O–H groups in total. The van der Waals surface area contributed by atoms with Gasteiger partial charge in [0.1, 0.15) is 5.82 Å². The SMILES string of the molecule is O=C(CNS(=O)(=O)c1cccc(C(F)(F)F)c1)N(Cc1ccccc1F)C1CC1. The van der Waals surface area contributed by atoms with Crippen molar-refractivity contribution in [1.82, 2.24) is 9.62 Å². The highest BCUT2D eigenvalue weighted by Gasteiger charge is 2.34. The van der Waals surface area contributed by atoms with Crippen LogP contribution in [0.4, 0.5) is 17.6 Å². The van der Waals surface area contributed by atoms with Gasteiger partial charge in [0.25, 0.3) is 0 Å². The average molecular weight is 430 g/mol. The maximum Gasteiger partial charge on any atom is 0.416 e. The number of nitrogens with zero attached hydrogens (tertiary/aromatic N) is 1. The number of hydrogen-bond acceptors (Lipinski definition) is 3. The van der Waals surface area contributed by atoms with Crippen LogP contribution in [0.2, 0.25) is 0 Å². The molecular weight excluding hydrogens is 412 g/mol. The van der Waals surface area contributed by atoms with Crippen LogP contribution in [0.25, 0.3) is 0 Å². The molecular formula is C19H18F4N2O3S. The number of carbonyl (C=O) groups is 1. The summed E-state index contributed by atoms with van der Waals surface area (Å²) in [6, 6.07) is 9.09. The van der Waals surface area contributed by atoms with Gasteiger partial charge in [0.2, 0.25) is 15.9 Å². The Morgan fingerprint density at radius 1 is 1.10 bits per heavy atom. The van der Waals surface area contributed by atoms with E-state index in [1.807, 2.05) is 4.72 Å². The van der Waals surface area contributed by atoms with E-state index in [-0.39, 0.29) is 12.6 Å². The summed E-state index contributed by atoms with van der Waals surface area (Å²) in [6.45, 7) is -0.648. The fourth-order valence-electron chi connectivity index (χ4n) is 2.80. The zero-order valence-electron chi connectivity index (χ0n) is 15.1. The first-order valence-electron chi connectivity index (χ1n) is 8.78. The number of hydrogen-bond donors (Lipinski definition) is 1. The van der Waals surface area contributed by atoms with Gasteiger partial charge in [-0.25, -0.2) is 17.5 Å². The molecule has 0 radical (unpaired) electrons. The summed E-state index contributed by atoms with van der Waals surface area (Å²) in [7, 11) is -4.33. The van der Waals surface area contributed by atoms with Crippen molar-refractivity contribution in [1.29, 1.82) is 0 Å². The largest absolute Gasteiger partial charge is 0.416 e. The van der Waals surface area contributed by atoms with Crippen molar-refractivity contribution >= 4 is 15.9 Å².